The lowest BCUT2D eigenvalue weighted by atomic mass is 9.88. The Morgan fingerprint density at radius 3 is 2.90 bits per heavy atom. The number of carbonyl (C=O) groups is 2. The lowest BCUT2D eigenvalue weighted by molar-refractivity contribution is -0.126. The molecule has 108 valence electrons. The fourth-order valence-corrected chi connectivity index (χ4v) is 3.88. The largest absolute Gasteiger partial charge is 0.476 e. The third-order valence-corrected chi connectivity index (χ3v) is 5.13. The standard InChI is InChI=1S/C13H17N3O3S/c1-6(12-16-10(5-20-12)13(18)19)14-11(17)8-4-7-2-3-9(8)15-7/h5-9,15H,2-4H2,1H3,(H,14,17)(H,18,19). The zero-order valence-corrected chi connectivity index (χ0v) is 11.9. The Morgan fingerprint density at radius 1 is 1.55 bits per heavy atom. The molecule has 1 aromatic heterocycles. The van der Waals surface area contributed by atoms with Crippen LogP contribution in [0.4, 0.5) is 0 Å². The van der Waals surface area contributed by atoms with E-state index in [2.05, 4.69) is 15.6 Å². The molecule has 0 aliphatic carbocycles. The van der Waals surface area contributed by atoms with Crippen molar-refractivity contribution in [3.05, 3.63) is 16.1 Å². The average Bonchev–Trinajstić information content (AvgIpc) is 3.14. The van der Waals surface area contributed by atoms with Crippen LogP contribution in [-0.2, 0) is 4.79 Å². The first-order valence-corrected chi connectivity index (χ1v) is 7.67. The molecule has 4 unspecified atom stereocenters. The molecule has 2 fully saturated rings. The summed E-state index contributed by atoms with van der Waals surface area (Å²) in [7, 11) is 0. The van der Waals surface area contributed by atoms with Gasteiger partial charge >= 0.3 is 5.97 Å². The van der Waals surface area contributed by atoms with Gasteiger partial charge in [-0.25, -0.2) is 9.78 Å². The normalized spacial score (nSPS) is 29.4. The third kappa shape index (κ3) is 2.43. The number of aromatic nitrogens is 1. The highest BCUT2D eigenvalue weighted by Gasteiger charge is 2.43. The molecule has 20 heavy (non-hydrogen) atoms. The maximum Gasteiger partial charge on any atom is 0.355 e. The first-order valence-electron chi connectivity index (χ1n) is 6.79. The Kier molecular flexibility index (Phi) is 3.47. The van der Waals surface area contributed by atoms with Gasteiger partial charge in [0, 0.05) is 17.5 Å². The molecular formula is C13H17N3O3S. The van der Waals surface area contributed by atoms with Crippen LogP contribution >= 0.6 is 11.3 Å². The summed E-state index contributed by atoms with van der Waals surface area (Å²) in [6.45, 7) is 1.84. The highest BCUT2D eigenvalue weighted by Crippen LogP contribution is 2.33. The Labute approximate surface area is 120 Å². The molecule has 7 heteroatoms. The van der Waals surface area contributed by atoms with E-state index < -0.39 is 5.97 Å². The molecule has 2 aliphatic heterocycles. The zero-order valence-electron chi connectivity index (χ0n) is 11.1. The number of hydrogen-bond acceptors (Lipinski definition) is 5. The van der Waals surface area contributed by atoms with Crippen molar-refractivity contribution >= 4 is 23.2 Å². The van der Waals surface area contributed by atoms with Gasteiger partial charge in [0.2, 0.25) is 5.91 Å². The van der Waals surface area contributed by atoms with Crippen LogP contribution in [0.3, 0.4) is 0 Å². The smallest absolute Gasteiger partial charge is 0.355 e. The van der Waals surface area contributed by atoms with Crippen molar-refractivity contribution in [2.24, 2.45) is 5.92 Å². The number of thiazole rings is 1. The number of aromatic carboxylic acids is 1. The predicted molar refractivity (Wildman–Crippen MR) is 73.7 cm³/mol. The number of hydrogen-bond donors (Lipinski definition) is 3. The van der Waals surface area contributed by atoms with Crippen LogP contribution in [0.2, 0.25) is 0 Å². The lowest BCUT2D eigenvalue weighted by Gasteiger charge is -2.21. The van der Waals surface area contributed by atoms with Crippen LogP contribution in [0.5, 0.6) is 0 Å². The summed E-state index contributed by atoms with van der Waals surface area (Å²) in [5.41, 5.74) is 0.0349. The molecule has 0 aromatic carbocycles. The first kappa shape index (κ1) is 13.5. The second-order valence-corrected chi connectivity index (χ2v) is 6.39. The Hall–Kier alpha value is -1.47. The van der Waals surface area contributed by atoms with Gasteiger partial charge in [-0.15, -0.1) is 11.3 Å². The Morgan fingerprint density at radius 2 is 2.35 bits per heavy atom. The van der Waals surface area contributed by atoms with Gasteiger partial charge < -0.3 is 15.7 Å². The van der Waals surface area contributed by atoms with Gasteiger partial charge in [-0.2, -0.15) is 0 Å². The minimum atomic E-state index is -1.04. The van der Waals surface area contributed by atoms with Gasteiger partial charge in [-0.05, 0) is 26.2 Å². The topological polar surface area (TPSA) is 91.3 Å². The third-order valence-electron chi connectivity index (χ3n) is 4.11. The summed E-state index contributed by atoms with van der Waals surface area (Å²) < 4.78 is 0. The molecule has 2 saturated heterocycles. The Balaban J connectivity index is 1.62. The van der Waals surface area contributed by atoms with Gasteiger partial charge in [0.15, 0.2) is 5.69 Å². The zero-order chi connectivity index (χ0) is 14.3. The number of fused-ring (bicyclic) bond motifs is 2. The molecule has 4 atom stereocenters. The van der Waals surface area contributed by atoms with Crippen LogP contribution < -0.4 is 10.6 Å². The quantitative estimate of drug-likeness (QED) is 0.775. The van der Waals surface area contributed by atoms with Crippen molar-refractivity contribution in [2.45, 2.75) is 44.3 Å². The second-order valence-electron chi connectivity index (χ2n) is 5.50. The monoisotopic (exact) mass is 295 g/mol. The summed E-state index contributed by atoms with van der Waals surface area (Å²) in [6, 6.07) is 0.544. The first-order chi connectivity index (χ1) is 9.54. The maximum atomic E-state index is 12.3. The number of carbonyl (C=O) groups excluding carboxylic acids is 1. The number of carboxylic acid groups (broad SMARTS) is 1. The molecule has 0 radical (unpaired) electrons. The van der Waals surface area contributed by atoms with E-state index in [-0.39, 0.29) is 23.6 Å². The molecule has 1 amide bonds. The number of carboxylic acids is 1. The van der Waals surface area contributed by atoms with Crippen LogP contribution in [0.1, 0.15) is 47.7 Å². The molecule has 6 nitrogen and oxygen atoms in total. The molecule has 3 rings (SSSR count). The van der Waals surface area contributed by atoms with E-state index in [1.807, 2.05) is 6.92 Å². The van der Waals surface area contributed by atoms with Gasteiger partial charge in [0.25, 0.3) is 0 Å². The molecule has 3 heterocycles. The Bertz CT molecular complexity index is 545. The van der Waals surface area contributed by atoms with Gasteiger partial charge in [-0.3, -0.25) is 4.79 Å². The number of amides is 1. The van der Waals surface area contributed by atoms with E-state index in [9.17, 15) is 9.59 Å². The average molecular weight is 295 g/mol. The maximum absolute atomic E-state index is 12.3. The molecule has 0 spiro atoms. The highest BCUT2D eigenvalue weighted by molar-refractivity contribution is 7.09. The summed E-state index contributed by atoms with van der Waals surface area (Å²) >= 11 is 1.26. The van der Waals surface area contributed by atoms with E-state index >= 15 is 0 Å². The van der Waals surface area contributed by atoms with Crippen molar-refractivity contribution in [1.82, 2.24) is 15.6 Å². The SMILES string of the molecule is CC(NC(=O)C1CC2CCC1N2)c1nc(C(=O)O)cs1. The van der Waals surface area contributed by atoms with E-state index in [1.165, 1.54) is 23.1 Å². The molecule has 0 saturated carbocycles. The van der Waals surface area contributed by atoms with Gasteiger partial charge in [-0.1, -0.05) is 0 Å². The molecular weight excluding hydrogens is 278 g/mol. The lowest BCUT2D eigenvalue weighted by Crippen LogP contribution is -2.38. The van der Waals surface area contributed by atoms with E-state index in [0.29, 0.717) is 17.1 Å². The summed E-state index contributed by atoms with van der Waals surface area (Å²) in [5.74, 6) is -0.956. The molecule has 2 bridgehead atoms. The van der Waals surface area contributed by atoms with Crippen molar-refractivity contribution in [2.75, 3.05) is 0 Å². The van der Waals surface area contributed by atoms with E-state index in [0.717, 1.165) is 12.8 Å². The fraction of sp³-hybridized carbons (Fsp3) is 0.615. The molecule has 2 aliphatic rings. The van der Waals surface area contributed by atoms with Crippen LogP contribution in [0.15, 0.2) is 5.38 Å². The summed E-state index contributed by atoms with van der Waals surface area (Å²) in [5, 5.41) is 17.4. The van der Waals surface area contributed by atoms with Crippen molar-refractivity contribution in [3.8, 4) is 0 Å². The summed E-state index contributed by atoms with van der Waals surface area (Å²) in [4.78, 5) is 27.1. The minimum Gasteiger partial charge on any atom is -0.476 e. The molecule has 3 N–H and O–H groups in total. The number of nitrogens with one attached hydrogen (secondary N) is 2. The summed E-state index contributed by atoms with van der Waals surface area (Å²) in [6.07, 6.45) is 3.14. The number of rotatable bonds is 4. The van der Waals surface area contributed by atoms with Crippen LogP contribution in [-0.4, -0.2) is 34.1 Å². The van der Waals surface area contributed by atoms with Crippen LogP contribution in [0.25, 0.3) is 0 Å². The fourth-order valence-electron chi connectivity index (χ4n) is 3.08. The van der Waals surface area contributed by atoms with Crippen molar-refractivity contribution < 1.29 is 14.7 Å². The van der Waals surface area contributed by atoms with E-state index in [1.54, 1.807) is 0 Å². The van der Waals surface area contributed by atoms with Gasteiger partial charge in [0.1, 0.15) is 5.01 Å². The highest BCUT2D eigenvalue weighted by atomic mass is 32.1. The number of nitrogens with zero attached hydrogens (tertiary/aromatic N) is 1. The minimum absolute atomic E-state index is 0.0349. The predicted octanol–water partition coefficient (Wildman–Crippen LogP) is 1.16. The molecule has 1 aromatic rings. The van der Waals surface area contributed by atoms with Gasteiger partial charge in [0.05, 0.1) is 12.0 Å². The van der Waals surface area contributed by atoms with Crippen molar-refractivity contribution in [3.63, 3.8) is 0 Å². The van der Waals surface area contributed by atoms with Crippen LogP contribution in [0, 0.1) is 5.92 Å². The van der Waals surface area contributed by atoms with E-state index in [4.69, 9.17) is 5.11 Å². The second kappa shape index (κ2) is 5.14. The van der Waals surface area contributed by atoms with Crippen molar-refractivity contribution in [1.29, 1.82) is 0 Å².